The Bertz CT molecular complexity index is 95.7. The molecule has 1 unspecified atom stereocenters. The van der Waals surface area contributed by atoms with Crippen molar-refractivity contribution in [3.63, 3.8) is 0 Å². The molecule has 0 N–H and O–H groups in total. The third-order valence-electron chi connectivity index (χ3n) is 2.24. The van der Waals surface area contributed by atoms with Crippen LogP contribution in [0.3, 0.4) is 0 Å². The van der Waals surface area contributed by atoms with E-state index in [-0.39, 0.29) is 0 Å². The van der Waals surface area contributed by atoms with Gasteiger partial charge in [-0.2, -0.15) is 0 Å². The zero-order valence-corrected chi connectivity index (χ0v) is 7.71. The van der Waals surface area contributed by atoms with E-state index < -0.39 is 0 Å². The van der Waals surface area contributed by atoms with Gasteiger partial charge in [0.2, 0.25) is 0 Å². The van der Waals surface area contributed by atoms with Gasteiger partial charge in [-0.15, -0.1) is 0 Å². The molecule has 2 nitrogen and oxygen atoms in total. The summed E-state index contributed by atoms with van der Waals surface area (Å²) in [6.07, 6.45) is 5.29. The number of hydrogen-bond donors (Lipinski definition) is 0. The summed E-state index contributed by atoms with van der Waals surface area (Å²) in [5.41, 5.74) is 0. The van der Waals surface area contributed by atoms with E-state index in [0.29, 0.717) is 6.04 Å². The lowest BCUT2D eigenvalue weighted by molar-refractivity contribution is 0.318. The molecule has 0 bridgehead atoms. The fourth-order valence-corrected chi connectivity index (χ4v) is 1.50. The summed E-state index contributed by atoms with van der Waals surface area (Å²) < 4.78 is 0. The molecule has 0 aromatic heterocycles. The third-order valence-corrected chi connectivity index (χ3v) is 2.24. The minimum atomic E-state index is 0.672. The Hall–Kier alpha value is -0.0800. The molecular weight excluding hydrogens is 136 g/mol. The Morgan fingerprint density at radius 1 is 1.36 bits per heavy atom. The maximum absolute atomic E-state index is 4.57. The Morgan fingerprint density at radius 2 is 2.18 bits per heavy atom. The smallest absolute Gasteiger partial charge is 0.0258 e. The molecule has 1 aliphatic heterocycles. The van der Waals surface area contributed by atoms with Gasteiger partial charge in [0.05, 0.1) is 0 Å². The highest BCUT2D eigenvalue weighted by Crippen LogP contribution is 2.11. The summed E-state index contributed by atoms with van der Waals surface area (Å²) in [5, 5.41) is 4.57. The fourth-order valence-electron chi connectivity index (χ4n) is 1.50. The van der Waals surface area contributed by atoms with Crippen LogP contribution >= 0.6 is 0 Å². The first-order valence-electron chi connectivity index (χ1n) is 4.60. The lowest BCUT2D eigenvalue weighted by atomic mass is 10.0. The van der Waals surface area contributed by atoms with E-state index in [0.717, 1.165) is 6.54 Å². The summed E-state index contributed by atoms with van der Waals surface area (Å²) in [4.78, 5) is 2.24. The molecule has 1 fully saturated rings. The Morgan fingerprint density at radius 3 is 2.73 bits per heavy atom. The average Bonchev–Trinajstić information content (AvgIpc) is 2.03. The zero-order chi connectivity index (χ0) is 8.10. The van der Waals surface area contributed by atoms with Gasteiger partial charge in [0.15, 0.2) is 0 Å². The molecule has 0 spiro atoms. The molecule has 0 aliphatic carbocycles. The summed E-state index contributed by atoms with van der Waals surface area (Å²) in [6, 6.07) is 0.672. The van der Waals surface area contributed by atoms with Crippen molar-refractivity contribution < 1.29 is 0 Å². The van der Waals surface area contributed by atoms with E-state index in [1.54, 1.807) is 0 Å². The molecule has 1 aliphatic rings. The van der Waals surface area contributed by atoms with E-state index in [1.165, 1.54) is 32.2 Å². The Balaban J connectivity index is 2.05. The van der Waals surface area contributed by atoms with Gasteiger partial charge in [0.25, 0.3) is 0 Å². The minimum Gasteiger partial charge on any atom is -0.309 e. The quantitative estimate of drug-likeness (QED) is 0.596. The first-order chi connectivity index (χ1) is 5.29. The van der Waals surface area contributed by atoms with Crippen LogP contribution in [-0.2, 0) is 0 Å². The van der Waals surface area contributed by atoms with E-state index in [9.17, 15) is 0 Å². The van der Waals surface area contributed by atoms with E-state index in [1.807, 2.05) is 0 Å². The average molecular weight is 155 g/mol. The van der Waals surface area contributed by atoms with Crippen molar-refractivity contribution in [3.8, 4) is 0 Å². The molecule has 0 amide bonds. The SMILES string of the molecule is CN(C)CCC1CCCC[N]1. The van der Waals surface area contributed by atoms with E-state index >= 15 is 0 Å². The van der Waals surface area contributed by atoms with Crippen molar-refractivity contribution in [1.82, 2.24) is 10.2 Å². The highest BCUT2D eigenvalue weighted by molar-refractivity contribution is 4.72. The van der Waals surface area contributed by atoms with Gasteiger partial charge in [-0.25, -0.2) is 5.32 Å². The summed E-state index contributed by atoms with van der Waals surface area (Å²) in [7, 11) is 4.26. The van der Waals surface area contributed by atoms with Gasteiger partial charge < -0.3 is 4.90 Å². The van der Waals surface area contributed by atoms with Gasteiger partial charge in [-0.1, -0.05) is 6.42 Å². The second-order valence-corrected chi connectivity index (χ2v) is 3.65. The second kappa shape index (κ2) is 4.73. The lowest BCUT2D eigenvalue weighted by Gasteiger charge is -2.22. The van der Waals surface area contributed by atoms with Crippen LogP contribution in [0.2, 0.25) is 0 Å². The number of hydrogen-bond acceptors (Lipinski definition) is 1. The van der Waals surface area contributed by atoms with E-state index in [2.05, 4.69) is 24.3 Å². The summed E-state index contributed by atoms with van der Waals surface area (Å²) in [5.74, 6) is 0. The van der Waals surface area contributed by atoms with Gasteiger partial charge in [-0.05, 0) is 39.9 Å². The molecule has 0 aromatic rings. The van der Waals surface area contributed by atoms with Crippen LogP contribution in [0.25, 0.3) is 0 Å². The molecule has 1 saturated heterocycles. The third kappa shape index (κ3) is 3.73. The molecule has 0 aromatic carbocycles. The van der Waals surface area contributed by atoms with Gasteiger partial charge >= 0.3 is 0 Å². The number of piperidine rings is 1. The molecule has 1 heterocycles. The molecule has 11 heavy (non-hydrogen) atoms. The summed E-state index contributed by atoms with van der Waals surface area (Å²) >= 11 is 0. The van der Waals surface area contributed by atoms with Gasteiger partial charge in [-0.3, -0.25) is 0 Å². The van der Waals surface area contributed by atoms with Crippen LogP contribution in [0, 0.1) is 0 Å². The van der Waals surface area contributed by atoms with Crippen molar-refractivity contribution >= 4 is 0 Å². The second-order valence-electron chi connectivity index (χ2n) is 3.65. The van der Waals surface area contributed by atoms with Crippen LogP contribution in [0.15, 0.2) is 0 Å². The Kier molecular flexibility index (Phi) is 3.87. The first-order valence-corrected chi connectivity index (χ1v) is 4.60. The Labute approximate surface area is 70.0 Å². The maximum atomic E-state index is 4.57. The molecule has 1 radical (unpaired) electrons. The molecule has 65 valence electrons. The van der Waals surface area contributed by atoms with Crippen LogP contribution < -0.4 is 5.32 Å². The number of nitrogens with zero attached hydrogens (tertiary/aromatic N) is 2. The van der Waals surface area contributed by atoms with Crippen molar-refractivity contribution in [2.75, 3.05) is 27.2 Å². The number of rotatable bonds is 3. The van der Waals surface area contributed by atoms with E-state index in [4.69, 9.17) is 0 Å². The fraction of sp³-hybridized carbons (Fsp3) is 1.00. The highest BCUT2D eigenvalue weighted by Gasteiger charge is 2.12. The topological polar surface area (TPSA) is 17.3 Å². The zero-order valence-electron chi connectivity index (χ0n) is 7.71. The van der Waals surface area contributed by atoms with Crippen LogP contribution in [0.4, 0.5) is 0 Å². The first kappa shape index (κ1) is 9.01. The normalized spacial score (nSPS) is 25.9. The van der Waals surface area contributed by atoms with Crippen molar-refractivity contribution in [2.45, 2.75) is 31.7 Å². The van der Waals surface area contributed by atoms with Crippen molar-refractivity contribution in [2.24, 2.45) is 0 Å². The predicted octanol–water partition coefficient (Wildman–Crippen LogP) is 1.09. The molecule has 1 rings (SSSR count). The molecule has 2 heteroatoms. The largest absolute Gasteiger partial charge is 0.309 e. The van der Waals surface area contributed by atoms with Crippen molar-refractivity contribution in [1.29, 1.82) is 0 Å². The molecular formula is C9H19N2. The van der Waals surface area contributed by atoms with Crippen LogP contribution in [0.5, 0.6) is 0 Å². The monoisotopic (exact) mass is 155 g/mol. The highest BCUT2D eigenvalue weighted by atomic mass is 15.1. The molecule has 0 saturated carbocycles. The molecule has 1 atom stereocenters. The lowest BCUT2D eigenvalue weighted by Crippen LogP contribution is -2.30. The van der Waals surface area contributed by atoms with Crippen molar-refractivity contribution in [3.05, 3.63) is 0 Å². The maximum Gasteiger partial charge on any atom is 0.0258 e. The minimum absolute atomic E-state index is 0.672. The van der Waals surface area contributed by atoms with Crippen LogP contribution in [0.1, 0.15) is 25.7 Å². The predicted molar refractivity (Wildman–Crippen MR) is 47.8 cm³/mol. The standard InChI is InChI=1S/C9H19N2/c1-11(2)8-6-9-5-3-4-7-10-9/h9H,3-8H2,1-2H3. The van der Waals surface area contributed by atoms with Crippen LogP contribution in [-0.4, -0.2) is 38.1 Å². The summed E-state index contributed by atoms with van der Waals surface area (Å²) in [6.45, 7) is 2.30. The van der Waals surface area contributed by atoms with Gasteiger partial charge in [0.1, 0.15) is 0 Å². The van der Waals surface area contributed by atoms with Gasteiger partial charge in [0, 0.05) is 12.6 Å².